The van der Waals surface area contributed by atoms with Gasteiger partial charge in [-0.2, -0.15) is 0 Å². The summed E-state index contributed by atoms with van der Waals surface area (Å²) < 4.78 is 2.16. The Bertz CT molecular complexity index is 1060. The number of nitrogens with one attached hydrogen (secondary N) is 3. The van der Waals surface area contributed by atoms with Crippen molar-refractivity contribution in [2.45, 2.75) is 12.5 Å². The summed E-state index contributed by atoms with van der Waals surface area (Å²) in [5, 5.41) is 5.89. The van der Waals surface area contributed by atoms with Crippen LogP contribution in [0.15, 0.2) is 66.9 Å². The SMILES string of the molecule is O=C(N[C@H]1CCN(C(=O)Nc2ccccc2)C1)c1c[nH]c(=S)n1-c1ccccc1. The maximum Gasteiger partial charge on any atom is 0.321 e. The van der Waals surface area contributed by atoms with Crippen molar-refractivity contribution in [3.05, 3.63) is 77.3 Å². The Morgan fingerprint density at radius 2 is 1.72 bits per heavy atom. The Morgan fingerprint density at radius 1 is 1.03 bits per heavy atom. The standard InChI is InChI=1S/C21H21N5O2S/c27-19(18-13-22-21(29)26(18)17-9-5-2-6-10-17)23-16-11-12-25(14-16)20(28)24-15-7-3-1-4-8-15/h1-10,13,16H,11-12,14H2,(H,22,29)(H,23,27)(H,24,28)/t16-/m0/s1. The zero-order chi connectivity index (χ0) is 20.2. The highest BCUT2D eigenvalue weighted by molar-refractivity contribution is 7.71. The molecule has 29 heavy (non-hydrogen) atoms. The number of aromatic amines is 1. The molecule has 2 heterocycles. The maximum absolute atomic E-state index is 12.9. The molecule has 0 aliphatic carbocycles. The molecule has 7 nitrogen and oxygen atoms in total. The number of carbonyl (C=O) groups excluding carboxylic acids is 2. The predicted octanol–water partition coefficient (Wildman–Crippen LogP) is 3.57. The van der Waals surface area contributed by atoms with Gasteiger partial charge in [0, 0.05) is 36.7 Å². The molecule has 1 aromatic heterocycles. The van der Waals surface area contributed by atoms with Gasteiger partial charge in [-0.15, -0.1) is 0 Å². The highest BCUT2D eigenvalue weighted by atomic mass is 32.1. The molecular formula is C21H21N5O2S. The van der Waals surface area contributed by atoms with E-state index >= 15 is 0 Å². The lowest BCUT2D eigenvalue weighted by Crippen LogP contribution is -2.40. The molecule has 0 spiro atoms. The van der Waals surface area contributed by atoms with Crippen molar-refractivity contribution in [3.8, 4) is 5.69 Å². The van der Waals surface area contributed by atoms with Crippen LogP contribution in [0.3, 0.4) is 0 Å². The number of urea groups is 1. The third kappa shape index (κ3) is 4.22. The molecule has 3 amide bonds. The zero-order valence-corrected chi connectivity index (χ0v) is 16.5. The lowest BCUT2D eigenvalue weighted by molar-refractivity contribution is 0.0931. The van der Waals surface area contributed by atoms with Gasteiger partial charge in [0.2, 0.25) is 0 Å². The minimum absolute atomic E-state index is 0.114. The number of hydrogen-bond donors (Lipinski definition) is 3. The van der Waals surface area contributed by atoms with Crippen LogP contribution in [0.4, 0.5) is 10.5 Å². The summed E-state index contributed by atoms with van der Waals surface area (Å²) in [6.07, 6.45) is 2.31. The minimum atomic E-state index is -0.225. The summed E-state index contributed by atoms with van der Waals surface area (Å²) in [4.78, 5) is 29.9. The quantitative estimate of drug-likeness (QED) is 0.578. The third-order valence-electron chi connectivity index (χ3n) is 4.86. The number of carbonyl (C=O) groups is 2. The van der Waals surface area contributed by atoms with Gasteiger partial charge in [-0.3, -0.25) is 9.36 Å². The normalized spacial score (nSPS) is 15.9. The molecule has 8 heteroatoms. The number of para-hydroxylation sites is 2. The number of aromatic nitrogens is 2. The molecular weight excluding hydrogens is 386 g/mol. The number of rotatable bonds is 4. The fourth-order valence-corrected chi connectivity index (χ4v) is 3.68. The van der Waals surface area contributed by atoms with Crippen LogP contribution in [-0.2, 0) is 0 Å². The van der Waals surface area contributed by atoms with E-state index in [1.807, 2.05) is 60.7 Å². The van der Waals surface area contributed by atoms with E-state index in [1.54, 1.807) is 15.7 Å². The van der Waals surface area contributed by atoms with Crippen LogP contribution in [0.5, 0.6) is 0 Å². The van der Waals surface area contributed by atoms with Gasteiger partial charge in [0.25, 0.3) is 5.91 Å². The Morgan fingerprint density at radius 3 is 2.45 bits per heavy atom. The first-order chi connectivity index (χ1) is 14.1. The topological polar surface area (TPSA) is 82.2 Å². The number of likely N-dealkylation sites (tertiary alicyclic amines) is 1. The molecule has 1 atom stereocenters. The molecule has 0 saturated carbocycles. The van der Waals surface area contributed by atoms with Gasteiger partial charge in [-0.1, -0.05) is 36.4 Å². The van der Waals surface area contributed by atoms with E-state index in [0.29, 0.717) is 30.0 Å². The Hall–Kier alpha value is -3.39. The number of nitrogens with zero attached hydrogens (tertiary/aromatic N) is 2. The van der Waals surface area contributed by atoms with Crippen LogP contribution in [0.2, 0.25) is 0 Å². The average Bonchev–Trinajstić information content (AvgIpc) is 3.36. The van der Waals surface area contributed by atoms with E-state index in [-0.39, 0.29) is 18.0 Å². The number of hydrogen-bond acceptors (Lipinski definition) is 3. The van der Waals surface area contributed by atoms with Crippen molar-refractivity contribution in [2.75, 3.05) is 18.4 Å². The van der Waals surface area contributed by atoms with Crippen molar-refractivity contribution in [3.63, 3.8) is 0 Å². The van der Waals surface area contributed by atoms with E-state index in [9.17, 15) is 9.59 Å². The van der Waals surface area contributed by atoms with Gasteiger partial charge in [-0.05, 0) is 42.9 Å². The molecule has 1 aliphatic heterocycles. The van der Waals surface area contributed by atoms with Gasteiger partial charge < -0.3 is 20.5 Å². The summed E-state index contributed by atoms with van der Waals surface area (Å²) in [6, 6.07) is 18.5. The van der Waals surface area contributed by atoms with Crippen LogP contribution in [0.1, 0.15) is 16.9 Å². The average molecular weight is 407 g/mol. The van der Waals surface area contributed by atoms with Gasteiger partial charge in [-0.25, -0.2) is 4.79 Å². The van der Waals surface area contributed by atoms with Crippen LogP contribution >= 0.6 is 12.2 Å². The minimum Gasteiger partial charge on any atom is -0.346 e. The van der Waals surface area contributed by atoms with Crippen molar-refractivity contribution >= 4 is 29.8 Å². The van der Waals surface area contributed by atoms with Crippen LogP contribution in [0.25, 0.3) is 5.69 Å². The van der Waals surface area contributed by atoms with Crippen LogP contribution in [0, 0.1) is 4.77 Å². The molecule has 0 bridgehead atoms. The molecule has 4 rings (SSSR count). The number of anilines is 1. The van der Waals surface area contributed by atoms with E-state index in [1.165, 1.54) is 0 Å². The van der Waals surface area contributed by atoms with Crippen LogP contribution < -0.4 is 10.6 Å². The van der Waals surface area contributed by atoms with Gasteiger partial charge in [0.05, 0.1) is 0 Å². The number of benzene rings is 2. The van der Waals surface area contributed by atoms with Crippen molar-refractivity contribution in [1.29, 1.82) is 0 Å². The molecule has 3 N–H and O–H groups in total. The van der Waals surface area contributed by atoms with Gasteiger partial charge >= 0.3 is 6.03 Å². The molecule has 1 aliphatic rings. The smallest absolute Gasteiger partial charge is 0.321 e. The molecule has 2 aromatic carbocycles. The lowest BCUT2D eigenvalue weighted by atomic mass is 10.2. The molecule has 0 unspecified atom stereocenters. The maximum atomic E-state index is 12.9. The number of amides is 3. The zero-order valence-electron chi connectivity index (χ0n) is 15.7. The Kier molecular flexibility index (Phi) is 5.44. The second-order valence-electron chi connectivity index (χ2n) is 6.85. The van der Waals surface area contributed by atoms with E-state index < -0.39 is 0 Å². The fraction of sp³-hybridized carbons (Fsp3) is 0.190. The second-order valence-corrected chi connectivity index (χ2v) is 7.24. The molecule has 1 fully saturated rings. The van der Waals surface area contributed by atoms with Crippen molar-refractivity contribution in [2.24, 2.45) is 0 Å². The van der Waals surface area contributed by atoms with Crippen molar-refractivity contribution < 1.29 is 9.59 Å². The van der Waals surface area contributed by atoms with E-state index in [0.717, 1.165) is 11.4 Å². The summed E-state index contributed by atoms with van der Waals surface area (Å²) in [7, 11) is 0. The second kappa shape index (κ2) is 8.32. The molecule has 1 saturated heterocycles. The fourth-order valence-electron chi connectivity index (χ4n) is 3.41. The predicted molar refractivity (Wildman–Crippen MR) is 114 cm³/mol. The first kappa shape index (κ1) is 18.9. The first-order valence-corrected chi connectivity index (χ1v) is 9.80. The lowest BCUT2D eigenvalue weighted by Gasteiger charge is -2.18. The molecule has 148 valence electrons. The van der Waals surface area contributed by atoms with E-state index in [4.69, 9.17) is 12.2 Å². The number of imidazole rings is 1. The number of H-pyrrole nitrogens is 1. The van der Waals surface area contributed by atoms with Crippen molar-refractivity contribution in [1.82, 2.24) is 19.8 Å². The summed E-state index contributed by atoms with van der Waals surface area (Å²) in [5.41, 5.74) is 2.01. The Balaban J connectivity index is 1.40. The third-order valence-corrected chi connectivity index (χ3v) is 5.16. The van der Waals surface area contributed by atoms with Gasteiger partial charge in [0.15, 0.2) is 4.77 Å². The monoisotopic (exact) mass is 407 g/mol. The summed E-state index contributed by atoms with van der Waals surface area (Å²) >= 11 is 5.34. The van der Waals surface area contributed by atoms with Crippen LogP contribution in [-0.4, -0.2) is 45.5 Å². The Labute approximate surface area is 173 Å². The first-order valence-electron chi connectivity index (χ1n) is 9.39. The van der Waals surface area contributed by atoms with Gasteiger partial charge in [0.1, 0.15) is 5.69 Å². The summed E-state index contributed by atoms with van der Waals surface area (Å²) in [6.45, 7) is 1.04. The molecule has 0 radical (unpaired) electrons. The molecule has 3 aromatic rings. The largest absolute Gasteiger partial charge is 0.346 e. The highest BCUT2D eigenvalue weighted by Crippen LogP contribution is 2.16. The van der Waals surface area contributed by atoms with E-state index in [2.05, 4.69) is 15.6 Å². The summed E-state index contributed by atoms with van der Waals surface area (Å²) in [5.74, 6) is -0.225. The highest BCUT2D eigenvalue weighted by Gasteiger charge is 2.28.